The van der Waals surface area contributed by atoms with Gasteiger partial charge in [0.05, 0.1) is 31.5 Å². The molecule has 0 bridgehead atoms. The predicted octanol–water partition coefficient (Wildman–Crippen LogP) is 2.27. The Bertz CT molecular complexity index is 1040. The molecule has 1 aliphatic heterocycles. The van der Waals surface area contributed by atoms with Crippen molar-refractivity contribution in [3.8, 4) is 11.5 Å². The van der Waals surface area contributed by atoms with Crippen LogP contribution in [0.3, 0.4) is 0 Å². The first-order valence-corrected chi connectivity index (χ1v) is 11.1. The molecule has 3 rings (SSSR count). The van der Waals surface area contributed by atoms with E-state index in [1.54, 1.807) is 31.3 Å². The maximum atomic E-state index is 12.3. The minimum Gasteiger partial charge on any atom is -0.490 e. The van der Waals surface area contributed by atoms with Gasteiger partial charge in [-0.2, -0.15) is 5.10 Å². The van der Waals surface area contributed by atoms with Crippen molar-refractivity contribution >= 4 is 29.6 Å². The van der Waals surface area contributed by atoms with Gasteiger partial charge in [0.1, 0.15) is 6.61 Å². The van der Waals surface area contributed by atoms with Crippen LogP contribution in [0.4, 0.5) is 4.79 Å². The number of rotatable bonds is 10. The summed E-state index contributed by atoms with van der Waals surface area (Å²) in [6.07, 6.45) is 0.561. The van der Waals surface area contributed by atoms with Gasteiger partial charge >= 0.3 is 12.0 Å². The summed E-state index contributed by atoms with van der Waals surface area (Å²) in [6, 6.07) is 7.70. The zero-order chi connectivity index (χ0) is 23.8. The zero-order valence-electron chi connectivity index (χ0n) is 18.5. The van der Waals surface area contributed by atoms with Crippen molar-refractivity contribution in [1.29, 1.82) is 0 Å². The average molecular weight is 475 g/mol. The van der Waals surface area contributed by atoms with Crippen molar-refractivity contribution in [1.82, 2.24) is 16.1 Å². The topological polar surface area (TPSA) is 131 Å². The number of allylic oxidation sites excluding steroid dienone is 1. The molecular formula is C22H26N4O6S. The fraction of sp³-hybridized carbons (Fsp3) is 0.318. The first kappa shape index (κ1) is 24.1. The van der Waals surface area contributed by atoms with Crippen molar-refractivity contribution in [3.63, 3.8) is 0 Å². The molecular weight excluding hydrogens is 448 g/mol. The van der Waals surface area contributed by atoms with Gasteiger partial charge in [0, 0.05) is 10.6 Å². The zero-order valence-corrected chi connectivity index (χ0v) is 19.3. The predicted molar refractivity (Wildman–Crippen MR) is 123 cm³/mol. The Labute approximate surface area is 195 Å². The quantitative estimate of drug-likeness (QED) is 0.180. The normalized spacial score (nSPS) is 16.7. The number of methoxy groups -OCH3 is 1. The number of aliphatic hydroxyl groups is 1. The molecule has 0 saturated heterocycles. The van der Waals surface area contributed by atoms with Crippen LogP contribution in [0.25, 0.3) is 0 Å². The van der Waals surface area contributed by atoms with E-state index in [2.05, 4.69) is 21.2 Å². The molecule has 10 nitrogen and oxygen atoms in total. The molecule has 0 fully saturated rings. The molecule has 1 aliphatic rings. The Hall–Kier alpha value is -3.57. The SMILES string of the molecule is CCOc1cc([C@@H]2NC(=O)NC(C)=C2C(=O)OC)ccc1OC[C@@H](O)N/N=C\c1cccs1. The van der Waals surface area contributed by atoms with Crippen LogP contribution in [0.2, 0.25) is 0 Å². The summed E-state index contributed by atoms with van der Waals surface area (Å²) in [5, 5.41) is 21.3. The van der Waals surface area contributed by atoms with E-state index < -0.39 is 24.3 Å². The third-order valence-electron chi connectivity index (χ3n) is 4.63. The second-order valence-corrected chi connectivity index (χ2v) is 7.91. The van der Waals surface area contributed by atoms with E-state index in [0.29, 0.717) is 29.4 Å². The van der Waals surface area contributed by atoms with Gasteiger partial charge in [0.2, 0.25) is 0 Å². The number of benzene rings is 1. The van der Waals surface area contributed by atoms with Crippen LogP contribution in [0.1, 0.15) is 30.3 Å². The van der Waals surface area contributed by atoms with Crippen molar-refractivity contribution in [2.75, 3.05) is 20.3 Å². The fourth-order valence-electron chi connectivity index (χ4n) is 3.17. The molecule has 1 aromatic heterocycles. The van der Waals surface area contributed by atoms with Crippen LogP contribution in [-0.4, -0.2) is 49.9 Å². The number of thiophene rings is 1. The largest absolute Gasteiger partial charge is 0.490 e. The molecule has 0 spiro atoms. The summed E-state index contributed by atoms with van der Waals surface area (Å²) < 4.78 is 16.3. The average Bonchev–Trinajstić information content (AvgIpc) is 3.31. The highest BCUT2D eigenvalue weighted by Gasteiger charge is 2.32. The summed E-state index contributed by atoms with van der Waals surface area (Å²) in [7, 11) is 1.28. The molecule has 2 atom stereocenters. The minimum atomic E-state index is -1.05. The van der Waals surface area contributed by atoms with E-state index in [4.69, 9.17) is 14.2 Å². The molecule has 0 saturated carbocycles. The summed E-state index contributed by atoms with van der Waals surface area (Å²) in [6.45, 7) is 3.73. The van der Waals surface area contributed by atoms with Crippen molar-refractivity contribution in [2.24, 2.45) is 5.10 Å². The first-order valence-electron chi connectivity index (χ1n) is 10.2. The van der Waals surface area contributed by atoms with Crippen LogP contribution in [0.15, 0.2) is 52.1 Å². The van der Waals surface area contributed by atoms with Gasteiger partial charge in [0.25, 0.3) is 0 Å². The van der Waals surface area contributed by atoms with Crippen molar-refractivity contribution in [3.05, 3.63) is 57.4 Å². The molecule has 176 valence electrons. The van der Waals surface area contributed by atoms with Crippen LogP contribution < -0.4 is 25.5 Å². The highest BCUT2D eigenvalue weighted by Crippen LogP contribution is 2.34. The Morgan fingerprint density at radius 3 is 2.85 bits per heavy atom. The first-order chi connectivity index (χ1) is 15.9. The van der Waals surface area contributed by atoms with Crippen molar-refractivity contribution < 1.29 is 28.9 Å². The molecule has 2 heterocycles. The molecule has 2 aromatic rings. The maximum Gasteiger partial charge on any atom is 0.337 e. The lowest BCUT2D eigenvalue weighted by Crippen LogP contribution is -2.45. The lowest BCUT2D eigenvalue weighted by molar-refractivity contribution is -0.136. The van der Waals surface area contributed by atoms with Gasteiger partial charge in [-0.1, -0.05) is 12.1 Å². The van der Waals surface area contributed by atoms with Gasteiger partial charge in [-0.3, -0.25) is 5.43 Å². The van der Waals surface area contributed by atoms with E-state index in [0.717, 1.165) is 4.88 Å². The van der Waals surface area contributed by atoms with Gasteiger partial charge in [0.15, 0.2) is 17.7 Å². The second-order valence-electron chi connectivity index (χ2n) is 6.93. The second kappa shape index (κ2) is 11.3. The van der Waals surface area contributed by atoms with Gasteiger partial charge in [-0.25, -0.2) is 9.59 Å². The number of carbonyl (C=O) groups excluding carboxylic acids is 2. The van der Waals surface area contributed by atoms with E-state index >= 15 is 0 Å². The highest BCUT2D eigenvalue weighted by atomic mass is 32.1. The van der Waals surface area contributed by atoms with Gasteiger partial charge < -0.3 is 30.0 Å². The fourth-order valence-corrected chi connectivity index (χ4v) is 3.76. The maximum absolute atomic E-state index is 12.3. The number of nitrogens with one attached hydrogen (secondary N) is 3. The summed E-state index contributed by atoms with van der Waals surface area (Å²) in [5.74, 6) is 0.240. The molecule has 2 amide bonds. The number of amides is 2. The lowest BCUT2D eigenvalue weighted by Gasteiger charge is -2.28. The summed E-state index contributed by atoms with van der Waals surface area (Å²) in [5.41, 5.74) is 3.90. The number of carbonyl (C=O) groups is 2. The van der Waals surface area contributed by atoms with Gasteiger partial charge in [-0.15, -0.1) is 11.3 Å². The van der Waals surface area contributed by atoms with Gasteiger partial charge in [-0.05, 0) is 43.0 Å². The smallest absolute Gasteiger partial charge is 0.337 e. The van der Waals surface area contributed by atoms with Crippen LogP contribution in [0.5, 0.6) is 11.5 Å². The Morgan fingerprint density at radius 2 is 2.15 bits per heavy atom. The minimum absolute atomic E-state index is 0.0856. The number of ether oxygens (including phenoxy) is 3. The van der Waals surface area contributed by atoms with Crippen molar-refractivity contribution in [2.45, 2.75) is 26.1 Å². The molecule has 11 heteroatoms. The Balaban J connectivity index is 1.73. The molecule has 4 N–H and O–H groups in total. The highest BCUT2D eigenvalue weighted by molar-refractivity contribution is 7.11. The van der Waals surface area contributed by atoms with E-state index in [-0.39, 0.29) is 12.2 Å². The Kier molecular flexibility index (Phi) is 8.28. The third kappa shape index (κ3) is 6.24. The number of hydrogen-bond donors (Lipinski definition) is 4. The lowest BCUT2D eigenvalue weighted by atomic mass is 9.95. The molecule has 0 aliphatic carbocycles. The van der Waals surface area contributed by atoms with E-state index in [1.165, 1.54) is 18.4 Å². The monoisotopic (exact) mass is 474 g/mol. The number of hydrogen-bond acceptors (Lipinski definition) is 9. The summed E-state index contributed by atoms with van der Waals surface area (Å²) >= 11 is 1.53. The number of nitrogens with zero attached hydrogens (tertiary/aromatic N) is 1. The summed E-state index contributed by atoms with van der Waals surface area (Å²) in [4.78, 5) is 25.3. The standard InChI is InChI=1S/C22H26N4O6S/c1-4-31-17-10-14(20-19(21(28)30-3)13(2)24-22(29)25-20)7-8-16(17)32-12-18(27)26-23-11-15-6-5-9-33-15/h5-11,18,20,26-27H,4,12H2,1-3H3,(H2,24,25,29)/b23-11-/t18-,20+/m1/s1. The number of aliphatic hydroxyl groups excluding tert-OH is 1. The molecule has 0 unspecified atom stereocenters. The van der Waals surface area contributed by atoms with E-state index in [1.807, 2.05) is 24.4 Å². The van der Waals surface area contributed by atoms with Crippen LogP contribution >= 0.6 is 11.3 Å². The van der Waals surface area contributed by atoms with Crippen LogP contribution in [-0.2, 0) is 9.53 Å². The third-order valence-corrected chi connectivity index (χ3v) is 5.44. The Morgan fingerprint density at radius 1 is 1.33 bits per heavy atom. The van der Waals surface area contributed by atoms with E-state index in [9.17, 15) is 14.7 Å². The van der Waals surface area contributed by atoms with Crippen LogP contribution in [0, 0.1) is 0 Å². The molecule has 0 radical (unpaired) electrons. The number of urea groups is 1. The molecule has 1 aromatic carbocycles. The number of hydrazone groups is 1. The number of esters is 1. The molecule has 33 heavy (non-hydrogen) atoms.